The Morgan fingerprint density at radius 3 is 2.17 bits per heavy atom. The Hall–Kier alpha value is 0.950. The monoisotopic (exact) mass is 145 g/mol. The molecule has 4 heteroatoms. The third-order valence-corrected chi connectivity index (χ3v) is 1.18. The second kappa shape index (κ2) is 9.34. The molecular weight excluding hydrogens is 138 g/mol. The maximum Gasteiger partial charge on any atom is 0.0165 e. The van der Waals surface area contributed by atoms with Gasteiger partial charge >= 0.3 is 0 Å². The van der Waals surface area contributed by atoms with E-state index in [1.165, 1.54) is 11.9 Å². The van der Waals surface area contributed by atoms with Crippen molar-refractivity contribution in [2.24, 2.45) is 5.14 Å². The lowest BCUT2D eigenvalue weighted by atomic mass is 11.0. The van der Waals surface area contributed by atoms with Crippen LogP contribution < -0.4 is 5.14 Å². The molecule has 0 aliphatic rings. The molecule has 0 radical (unpaired) electrons. The first-order chi connectivity index (χ1) is 2.41. The highest BCUT2D eigenvalue weighted by Gasteiger charge is 1.69. The molecular formula is C2H8ClNS2. The van der Waals surface area contributed by atoms with Crippen LogP contribution in [0.25, 0.3) is 0 Å². The van der Waals surface area contributed by atoms with Crippen LogP contribution in [0, 0.1) is 0 Å². The van der Waals surface area contributed by atoms with E-state index in [4.69, 9.17) is 5.14 Å². The number of nitrogens with two attached hydrogens (primary N) is 1. The van der Waals surface area contributed by atoms with E-state index in [0.29, 0.717) is 0 Å². The summed E-state index contributed by atoms with van der Waals surface area (Å²) in [7, 11) is 0. The third-order valence-electron chi connectivity index (χ3n) is 0.209. The summed E-state index contributed by atoms with van der Waals surface area (Å²) in [4.78, 5) is 0. The van der Waals surface area contributed by atoms with Crippen LogP contribution in [0.4, 0.5) is 0 Å². The molecule has 0 atom stereocenters. The topological polar surface area (TPSA) is 26.0 Å². The standard InChI is InChI=1S/C2H7NS2.ClH/c3-5-2-1-4;/h4H,1-3H2;1H. The van der Waals surface area contributed by atoms with Crippen molar-refractivity contribution in [3.8, 4) is 0 Å². The van der Waals surface area contributed by atoms with Crippen molar-refractivity contribution in [3.05, 3.63) is 0 Å². The zero-order valence-corrected chi connectivity index (χ0v) is 5.78. The molecule has 0 aromatic heterocycles. The average Bonchev–Trinajstić information content (AvgIpc) is 1.41. The van der Waals surface area contributed by atoms with Crippen molar-refractivity contribution in [1.29, 1.82) is 0 Å². The van der Waals surface area contributed by atoms with E-state index in [9.17, 15) is 0 Å². The van der Waals surface area contributed by atoms with Gasteiger partial charge in [0.25, 0.3) is 0 Å². The normalized spacial score (nSPS) is 7.00. The second-order valence-corrected chi connectivity index (χ2v) is 1.78. The largest absolute Gasteiger partial charge is 0.278 e. The fourth-order valence-electron chi connectivity index (χ4n) is 0.0527. The minimum atomic E-state index is 0. The summed E-state index contributed by atoms with van der Waals surface area (Å²) < 4.78 is 0. The molecule has 0 saturated heterocycles. The van der Waals surface area contributed by atoms with Gasteiger partial charge in [-0.25, -0.2) is 0 Å². The predicted molar refractivity (Wildman–Crippen MR) is 37.7 cm³/mol. The Morgan fingerprint density at radius 1 is 1.67 bits per heavy atom. The predicted octanol–water partition coefficient (Wildman–Crippen LogP) is 0.945. The van der Waals surface area contributed by atoms with Crippen LogP contribution in [0.5, 0.6) is 0 Å². The Kier molecular flexibility index (Phi) is 15.6. The van der Waals surface area contributed by atoms with E-state index in [1.807, 2.05) is 0 Å². The van der Waals surface area contributed by atoms with Gasteiger partial charge in [-0.15, -0.1) is 12.4 Å². The number of hydrogen-bond donors (Lipinski definition) is 2. The molecule has 0 rings (SSSR count). The molecule has 1 nitrogen and oxygen atoms in total. The van der Waals surface area contributed by atoms with Crippen LogP contribution in [0.15, 0.2) is 0 Å². The van der Waals surface area contributed by atoms with Crippen LogP contribution in [-0.4, -0.2) is 11.5 Å². The molecule has 0 unspecified atom stereocenters. The van der Waals surface area contributed by atoms with Crippen LogP contribution in [0.2, 0.25) is 0 Å². The summed E-state index contributed by atoms with van der Waals surface area (Å²) in [5.41, 5.74) is 0. The Bertz CT molecular complexity index is 19.0. The quantitative estimate of drug-likeness (QED) is 0.447. The number of halogens is 1. The number of thiol groups is 1. The maximum absolute atomic E-state index is 5.01. The van der Waals surface area contributed by atoms with Gasteiger partial charge in [0.1, 0.15) is 0 Å². The van der Waals surface area contributed by atoms with Gasteiger partial charge in [0.2, 0.25) is 0 Å². The molecule has 0 spiro atoms. The van der Waals surface area contributed by atoms with Gasteiger partial charge in [-0.1, -0.05) is 11.9 Å². The molecule has 0 aromatic carbocycles. The summed E-state index contributed by atoms with van der Waals surface area (Å²) in [6, 6.07) is 0. The molecule has 40 valence electrons. The van der Waals surface area contributed by atoms with Crippen molar-refractivity contribution < 1.29 is 0 Å². The van der Waals surface area contributed by atoms with Crippen molar-refractivity contribution in [2.45, 2.75) is 0 Å². The van der Waals surface area contributed by atoms with Crippen LogP contribution in [0.3, 0.4) is 0 Å². The maximum atomic E-state index is 5.01. The van der Waals surface area contributed by atoms with Gasteiger partial charge in [-0.05, 0) is 0 Å². The Balaban J connectivity index is 0. The van der Waals surface area contributed by atoms with Gasteiger partial charge in [0.05, 0.1) is 0 Å². The van der Waals surface area contributed by atoms with Gasteiger partial charge in [-0.3, -0.25) is 5.14 Å². The highest BCUT2D eigenvalue weighted by molar-refractivity contribution is 7.97. The summed E-state index contributed by atoms with van der Waals surface area (Å²) in [5, 5.41) is 5.01. The number of rotatable bonds is 2. The molecule has 0 amide bonds. The van der Waals surface area contributed by atoms with Gasteiger partial charge in [0.15, 0.2) is 0 Å². The lowest BCUT2D eigenvalue weighted by Crippen LogP contribution is -1.83. The molecule has 0 aromatic rings. The SMILES string of the molecule is Cl.NSCCS. The third kappa shape index (κ3) is 8.87. The minimum absolute atomic E-state index is 0. The number of hydrogen-bond acceptors (Lipinski definition) is 3. The van der Waals surface area contributed by atoms with Crippen molar-refractivity contribution >= 4 is 37.0 Å². The lowest BCUT2D eigenvalue weighted by Gasteiger charge is -1.79. The van der Waals surface area contributed by atoms with Crippen LogP contribution in [0.1, 0.15) is 0 Å². The van der Waals surface area contributed by atoms with E-state index in [1.54, 1.807) is 0 Å². The average molecular weight is 146 g/mol. The van der Waals surface area contributed by atoms with E-state index in [0.717, 1.165) is 11.5 Å². The molecule has 0 heterocycles. The first-order valence-electron chi connectivity index (χ1n) is 1.34. The first-order valence-corrected chi connectivity index (χ1v) is 3.02. The second-order valence-electron chi connectivity index (χ2n) is 0.594. The smallest absolute Gasteiger partial charge is 0.0165 e. The van der Waals surface area contributed by atoms with E-state index < -0.39 is 0 Å². The Morgan fingerprint density at radius 2 is 2.17 bits per heavy atom. The molecule has 0 aliphatic carbocycles. The summed E-state index contributed by atoms with van der Waals surface area (Å²) in [6.07, 6.45) is 0. The highest BCUT2D eigenvalue weighted by Crippen LogP contribution is 1.84. The Labute approximate surface area is 54.0 Å². The highest BCUT2D eigenvalue weighted by atomic mass is 35.5. The van der Waals surface area contributed by atoms with Crippen molar-refractivity contribution in [1.82, 2.24) is 0 Å². The molecule has 0 saturated carbocycles. The van der Waals surface area contributed by atoms with Gasteiger partial charge in [-0.2, -0.15) is 12.6 Å². The first kappa shape index (κ1) is 10.0. The summed E-state index contributed by atoms with van der Waals surface area (Å²) in [6.45, 7) is 0. The molecule has 0 bridgehead atoms. The van der Waals surface area contributed by atoms with E-state index in [2.05, 4.69) is 12.6 Å². The van der Waals surface area contributed by atoms with Crippen LogP contribution >= 0.6 is 37.0 Å². The van der Waals surface area contributed by atoms with Crippen molar-refractivity contribution in [2.75, 3.05) is 11.5 Å². The molecule has 0 fully saturated rings. The van der Waals surface area contributed by atoms with E-state index in [-0.39, 0.29) is 12.4 Å². The molecule has 6 heavy (non-hydrogen) atoms. The van der Waals surface area contributed by atoms with Gasteiger partial charge < -0.3 is 0 Å². The lowest BCUT2D eigenvalue weighted by molar-refractivity contribution is 1.56. The summed E-state index contributed by atoms with van der Waals surface area (Å²) >= 11 is 5.23. The fraction of sp³-hybridized carbons (Fsp3) is 1.00. The van der Waals surface area contributed by atoms with Gasteiger partial charge in [0, 0.05) is 11.5 Å². The van der Waals surface area contributed by atoms with Crippen molar-refractivity contribution in [3.63, 3.8) is 0 Å². The molecule has 2 N–H and O–H groups in total. The zero-order chi connectivity index (χ0) is 4.12. The summed E-state index contributed by atoms with van der Waals surface area (Å²) in [5.74, 6) is 1.82. The van der Waals surface area contributed by atoms with Crippen LogP contribution in [-0.2, 0) is 0 Å². The van der Waals surface area contributed by atoms with E-state index >= 15 is 0 Å². The minimum Gasteiger partial charge on any atom is -0.278 e. The zero-order valence-electron chi connectivity index (χ0n) is 3.26. The fourth-order valence-corrected chi connectivity index (χ4v) is 0.474. The molecule has 0 aliphatic heterocycles.